The Labute approximate surface area is 93.2 Å². The number of carbonyl (C=O) groups is 1. The van der Waals surface area contributed by atoms with Crippen molar-refractivity contribution in [2.75, 3.05) is 14.2 Å². The Bertz CT molecular complexity index is 375. The molecule has 0 aromatic heterocycles. The van der Waals surface area contributed by atoms with Crippen molar-refractivity contribution in [3.8, 4) is 11.5 Å². The highest BCUT2D eigenvalue weighted by atomic mass is 16.6. The maximum atomic E-state index is 11.2. The van der Waals surface area contributed by atoms with Gasteiger partial charge < -0.3 is 19.7 Å². The van der Waals surface area contributed by atoms with Crippen LogP contribution in [0.15, 0.2) is 18.2 Å². The maximum Gasteiger partial charge on any atom is 0.335 e. The van der Waals surface area contributed by atoms with Gasteiger partial charge in [0.2, 0.25) is 0 Å². The zero-order chi connectivity index (χ0) is 12.1. The first-order chi connectivity index (χ1) is 7.58. The number of phenols is 2. The summed E-state index contributed by atoms with van der Waals surface area (Å²) in [4.78, 5) is 11.2. The van der Waals surface area contributed by atoms with Gasteiger partial charge in [0, 0.05) is 13.5 Å². The number of hydrogen-bond donors (Lipinski definition) is 2. The Hall–Kier alpha value is -1.75. The molecule has 0 aliphatic rings. The van der Waals surface area contributed by atoms with Gasteiger partial charge in [0.25, 0.3) is 0 Å². The van der Waals surface area contributed by atoms with Crippen LogP contribution in [0, 0.1) is 0 Å². The van der Waals surface area contributed by atoms with E-state index in [9.17, 15) is 9.90 Å². The summed E-state index contributed by atoms with van der Waals surface area (Å²) >= 11 is 0. The van der Waals surface area contributed by atoms with Crippen molar-refractivity contribution in [3.05, 3.63) is 23.8 Å². The molecule has 1 unspecified atom stereocenters. The van der Waals surface area contributed by atoms with Crippen molar-refractivity contribution in [1.29, 1.82) is 0 Å². The molecule has 88 valence electrons. The van der Waals surface area contributed by atoms with Crippen LogP contribution in [0.3, 0.4) is 0 Å². The van der Waals surface area contributed by atoms with E-state index in [1.165, 1.54) is 26.4 Å². The molecule has 1 aromatic carbocycles. The number of phenolic OH excluding ortho intramolecular Hbond substituents is 2. The van der Waals surface area contributed by atoms with Crippen LogP contribution in [0.1, 0.15) is 5.56 Å². The summed E-state index contributed by atoms with van der Waals surface area (Å²) in [5.41, 5.74) is 0.674. The second kappa shape index (κ2) is 5.37. The molecule has 1 rings (SSSR count). The van der Waals surface area contributed by atoms with Gasteiger partial charge in [-0.05, 0) is 17.7 Å². The largest absolute Gasteiger partial charge is 0.504 e. The first kappa shape index (κ1) is 12.3. The van der Waals surface area contributed by atoms with Crippen LogP contribution >= 0.6 is 0 Å². The van der Waals surface area contributed by atoms with E-state index in [1.54, 1.807) is 6.07 Å². The maximum absolute atomic E-state index is 11.2. The van der Waals surface area contributed by atoms with E-state index in [0.29, 0.717) is 5.56 Å². The molecule has 0 amide bonds. The summed E-state index contributed by atoms with van der Waals surface area (Å²) in [7, 11) is 2.69. The molecule has 0 spiro atoms. The molecular weight excluding hydrogens is 212 g/mol. The molecule has 0 saturated heterocycles. The summed E-state index contributed by atoms with van der Waals surface area (Å²) in [6.45, 7) is 0. The van der Waals surface area contributed by atoms with Crippen LogP contribution in [0.25, 0.3) is 0 Å². The van der Waals surface area contributed by atoms with E-state index in [0.717, 1.165) is 0 Å². The first-order valence-electron chi connectivity index (χ1n) is 4.70. The highest BCUT2D eigenvalue weighted by Gasteiger charge is 2.19. The Morgan fingerprint density at radius 3 is 2.50 bits per heavy atom. The van der Waals surface area contributed by atoms with Gasteiger partial charge in [-0.2, -0.15) is 0 Å². The molecule has 1 atom stereocenters. The minimum absolute atomic E-state index is 0.198. The standard InChI is InChI=1S/C11H14O5/c1-15-10(11(14)16-2)6-7-3-4-8(12)9(13)5-7/h3-5,10,12-13H,6H2,1-2H3. The highest BCUT2D eigenvalue weighted by molar-refractivity contribution is 5.75. The topological polar surface area (TPSA) is 76.0 Å². The minimum Gasteiger partial charge on any atom is -0.504 e. The number of benzene rings is 1. The van der Waals surface area contributed by atoms with Gasteiger partial charge in [-0.15, -0.1) is 0 Å². The molecule has 16 heavy (non-hydrogen) atoms. The third kappa shape index (κ3) is 2.87. The van der Waals surface area contributed by atoms with E-state index in [-0.39, 0.29) is 17.9 Å². The smallest absolute Gasteiger partial charge is 0.335 e. The van der Waals surface area contributed by atoms with Gasteiger partial charge in [-0.1, -0.05) is 6.07 Å². The Balaban J connectivity index is 2.78. The molecule has 0 saturated carbocycles. The van der Waals surface area contributed by atoms with Gasteiger partial charge in [-0.3, -0.25) is 0 Å². The van der Waals surface area contributed by atoms with Crippen molar-refractivity contribution in [1.82, 2.24) is 0 Å². The van der Waals surface area contributed by atoms with Gasteiger partial charge in [0.1, 0.15) is 0 Å². The average molecular weight is 226 g/mol. The summed E-state index contributed by atoms with van der Waals surface area (Å²) < 4.78 is 9.51. The summed E-state index contributed by atoms with van der Waals surface area (Å²) in [6.07, 6.45) is -0.439. The number of methoxy groups -OCH3 is 2. The average Bonchev–Trinajstić information content (AvgIpc) is 2.29. The lowest BCUT2D eigenvalue weighted by Crippen LogP contribution is -2.26. The van der Waals surface area contributed by atoms with Crippen LogP contribution in [-0.2, 0) is 20.7 Å². The number of ether oxygens (including phenoxy) is 2. The summed E-state index contributed by atoms with van der Waals surface area (Å²) in [5, 5.41) is 18.4. The van der Waals surface area contributed by atoms with Crippen molar-refractivity contribution >= 4 is 5.97 Å². The zero-order valence-corrected chi connectivity index (χ0v) is 9.14. The molecule has 2 N–H and O–H groups in total. The van der Waals surface area contributed by atoms with Crippen molar-refractivity contribution in [2.24, 2.45) is 0 Å². The normalized spacial score (nSPS) is 12.1. The fourth-order valence-corrected chi connectivity index (χ4v) is 1.30. The molecular formula is C11H14O5. The lowest BCUT2D eigenvalue weighted by molar-refractivity contribution is -0.152. The van der Waals surface area contributed by atoms with Crippen LogP contribution in [0.2, 0.25) is 0 Å². The minimum atomic E-state index is -0.714. The number of esters is 1. The third-order valence-electron chi connectivity index (χ3n) is 2.21. The van der Waals surface area contributed by atoms with Crippen LogP contribution in [-0.4, -0.2) is 36.5 Å². The van der Waals surface area contributed by atoms with E-state index in [2.05, 4.69) is 4.74 Å². The van der Waals surface area contributed by atoms with E-state index >= 15 is 0 Å². The SMILES string of the molecule is COC(=O)C(Cc1ccc(O)c(O)c1)OC. The Morgan fingerprint density at radius 2 is 2.00 bits per heavy atom. The number of rotatable bonds is 4. The molecule has 0 aliphatic heterocycles. The lowest BCUT2D eigenvalue weighted by Gasteiger charge is -2.12. The molecule has 5 nitrogen and oxygen atoms in total. The van der Waals surface area contributed by atoms with E-state index in [1.807, 2.05) is 0 Å². The van der Waals surface area contributed by atoms with E-state index in [4.69, 9.17) is 9.84 Å². The zero-order valence-electron chi connectivity index (χ0n) is 9.14. The van der Waals surface area contributed by atoms with Crippen LogP contribution in [0.5, 0.6) is 11.5 Å². The summed E-state index contributed by atoms with van der Waals surface area (Å²) in [5.74, 6) is -0.900. The molecule has 0 heterocycles. The molecule has 0 radical (unpaired) electrons. The van der Waals surface area contributed by atoms with Crippen molar-refractivity contribution in [2.45, 2.75) is 12.5 Å². The number of aromatic hydroxyl groups is 2. The predicted octanol–water partition coefficient (Wildman–Crippen LogP) is 0.828. The molecule has 0 fully saturated rings. The lowest BCUT2D eigenvalue weighted by atomic mass is 10.1. The Kier molecular flexibility index (Phi) is 4.13. The first-order valence-corrected chi connectivity index (χ1v) is 4.70. The number of hydrogen-bond acceptors (Lipinski definition) is 5. The summed E-state index contributed by atoms with van der Waals surface area (Å²) in [6, 6.07) is 4.34. The predicted molar refractivity (Wildman–Crippen MR) is 56.3 cm³/mol. The molecule has 0 bridgehead atoms. The van der Waals surface area contributed by atoms with Gasteiger partial charge in [0.05, 0.1) is 7.11 Å². The molecule has 5 heteroatoms. The highest BCUT2D eigenvalue weighted by Crippen LogP contribution is 2.25. The van der Waals surface area contributed by atoms with Gasteiger partial charge in [0.15, 0.2) is 17.6 Å². The third-order valence-corrected chi connectivity index (χ3v) is 2.21. The quantitative estimate of drug-likeness (QED) is 0.587. The van der Waals surface area contributed by atoms with E-state index < -0.39 is 12.1 Å². The van der Waals surface area contributed by atoms with Crippen LogP contribution < -0.4 is 0 Å². The number of carbonyl (C=O) groups excluding carboxylic acids is 1. The van der Waals surface area contributed by atoms with Crippen molar-refractivity contribution in [3.63, 3.8) is 0 Å². The molecule has 1 aromatic rings. The Morgan fingerprint density at radius 1 is 1.31 bits per heavy atom. The van der Waals surface area contributed by atoms with Crippen molar-refractivity contribution < 1.29 is 24.5 Å². The van der Waals surface area contributed by atoms with Gasteiger partial charge >= 0.3 is 5.97 Å². The van der Waals surface area contributed by atoms with Gasteiger partial charge in [-0.25, -0.2) is 4.79 Å². The molecule has 0 aliphatic carbocycles. The fourth-order valence-electron chi connectivity index (χ4n) is 1.30. The monoisotopic (exact) mass is 226 g/mol. The fraction of sp³-hybridized carbons (Fsp3) is 0.364. The second-order valence-corrected chi connectivity index (χ2v) is 3.27. The van der Waals surface area contributed by atoms with Crippen LogP contribution in [0.4, 0.5) is 0 Å². The second-order valence-electron chi connectivity index (χ2n) is 3.27.